The van der Waals surface area contributed by atoms with Crippen LogP contribution >= 0.6 is 11.3 Å². The first kappa shape index (κ1) is 17.3. The van der Waals surface area contributed by atoms with Crippen LogP contribution in [0.4, 0.5) is 4.39 Å². The summed E-state index contributed by atoms with van der Waals surface area (Å²) in [6.07, 6.45) is 1.42. The van der Waals surface area contributed by atoms with Crippen LogP contribution in [-0.4, -0.2) is 49.2 Å². The lowest BCUT2D eigenvalue weighted by molar-refractivity contribution is -0.0679. The summed E-state index contributed by atoms with van der Waals surface area (Å²) in [5.41, 5.74) is 0. The number of benzene rings is 1. The van der Waals surface area contributed by atoms with Crippen molar-refractivity contribution in [3.05, 3.63) is 35.0 Å². The van der Waals surface area contributed by atoms with Crippen molar-refractivity contribution in [1.29, 1.82) is 0 Å². The summed E-state index contributed by atoms with van der Waals surface area (Å²) in [5, 5.41) is 3.45. The first-order valence-electron chi connectivity index (χ1n) is 8.37. The molecule has 1 aromatic heterocycles. The number of nitrogens with zero attached hydrogens (tertiary/aromatic N) is 1. The zero-order chi connectivity index (χ0) is 17.1. The van der Waals surface area contributed by atoms with E-state index in [-0.39, 0.29) is 23.9 Å². The predicted molar refractivity (Wildman–Crippen MR) is 95.2 cm³/mol. The molecule has 0 spiro atoms. The van der Waals surface area contributed by atoms with E-state index >= 15 is 0 Å². The molecule has 0 bridgehead atoms. The van der Waals surface area contributed by atoms with Crippen LogP contribution in [0.1, 0.15) is 29.9 Å². The molecule has 1 amide bonds. The summed E-state index contributed by atoms with van der Waals surface area (Å²) in [7, 11) is 0. The first-order chi connectivity index (χ1) is 11.5. The largest absolute Gasteiger partial charge is 0.373 e. The zero-order valence-electron chi connectivity index (χ0n) is 14.0. The lowest BCUT2D eigenvalue weighted by atomic mass is 10.2. The summed E-state index contributed by atoms with van der Waals surface area (Å²) >= 11 is 1.33. The number of carbonyl (C=O) groups excluding carboxylic acids is 1. The van der Waals surface area contributed by atoms with Gasteiger partial charge in [-0.2, -0.15) is 0 Å². The minimum absolute atomic E-state index is 0.126. The molecule has 6 heteroatoms. The lowest BCUT2D eigenvalue weighted by Gasteiger charge is -2.35. The van der Waals surface area contributed by atoms with Crippen molar-refractivity contribution in [2.75, 3.05) is 26.2 Å². The number of ether oxygens (including phenoxy) is 1. The second-order valence-electron chi connectivity index (χ2n) is 6.39. The van der Waals surface area contributed by atoms with Gasteiger partial charge < -0.3 is 10.1 Å². The summed E-state index contributed by atoms with van der Waals surface area (Å²) < 4.78 is 20.2. The fourth-order valence-corrected chi connectivity index (χ4v) is 4.19. The molecule has 0 saturated carbocycles. The number of nitrogens with one attached hydrogen (secondary N) is 1. The quantitative estimate of drug-likeness (QED) is 0.842. The summed E-state index contributed by atoms with van der Waals surface area (Å²) in [5.74, 6) is -0.405. The van der Waals surface area contributed by atoms with Crippen molar-refractivity contribution < 1.29 is 13.9 Å². The van der Waals surface area contributed by atoms with Gasteiger partial charge in [-0.05, 0) is 38.5 Å². The van der Waals surface area contributed by atoms with Gasteiger partial charge in [0.25, 0.3) is 5.91 Å². The number of halogens is 1. The van der Waals surface area contributed by atoms with Gasteiger partial charge in [0.1, 0.15) is 5.82 Å². The van der Waals surface area contributed by atoms with Crippen LogP contribution < -0.4 is 5.32 Å². The lowest BCUT2D eigenvalue weighted by Crippen LogP contribution is -2.46. The molecule has 1 aliphatic heterocycles. The van der Waals surface area contributed by atoms with E-state index in [0.717, 1.165) is 30.8 Å². The summed E-state index contributed by atoms with van der Waals surface area (Å²) in [6.45, 7) is 7.62. The second kappa shape index (κ2) is 7.59. The second-order valence-corrected chi connectivity index (χ2v) is 7.47. The molecule has 1 saturated heterocycles. The van der Waals surface area contributed by atoms with Crippen LogP contribution in [0.3, 0.4) is 0 Å². The molecule has 0 aliphatic carbocycles. The molecule has 2 aromatic rings. The standard InChI is InChI=1S/C18H23FN2O2S/c1-12-10-21(11-13(2)23-12)8-4-7-20-18(22)17-9-14-15(19)5-3-6-16(14)24-17/h3,5-6,9,12-13H,4,7-8,10-11H2,1-2H3,(H,20,22). The number of hydrogen-bond acceptors (Lipinski definition) is 4. The van der Waals surface area contributed by atoms with Gasteiger partial charge in [0.05, 0.1) is 17.1 Å². The van der Waals surface area contributed by atoms with E-state index in [9.17, 15) is 9.18 Å². The molecule has 3 rings (SSSR count). The van der Waals surface area contributed by atoms with Gasteiger partial charge in [-0.25, -0.2) is 4.39 Å². The molecule has 1 N–H and O–H groups in total. The number of rotatable bonds is 5. The molecule has 24 heavy (non-hydrogen) atoms. The van der Waals surface area contributed by atoms with Crippen LogP contribution in [0.2, 0.25) is 0 Å². The average molecular weight is 350 g/mol. The SMILES string of the molecule is CC1CN(CCCNC(=O)c2cc3c(F)cccc3s2)CC(C)O1. The van der Waals surface area contributed by atoms with E-state index in [0.29, 0.717) is 16.8 Å². The maximum Gasteiger partial charge on any atom is 0.261 e. The number of amides is 1. The van der Waals surface area contributed by atoms with E-state index in [1.54, 1.807) is 12.1 Å². The molecule has 1 aromatic carbocycles. The van der Waals surface area contributed by atoms with Crippen molar-refractivity contribution in [2.45, 2.75) is 32.5 Å². The van der Waals surface area contributed by atoms with E-state index in [1.165, 1.54) is 17.4 Å². The van der Waals surface area contributed by atoms with Gasteiger partial charge in [0.15, 0.2) is 0 Å². The highest BCUT2D eigenvalue weighted by Gasteiger charge is 2.21. The van der Waals surface area contributed by atoms with Gasteiger partial charge in [0.2, 0.25) is 0 Å². The Hall–Kier alpha value is -1.50. The van der Waals surface area contributed by atoms with Crippen LogP contribution in [0.25, 0.3) is 10.1 Å². The van der Waals surface area contributed by atoms with Crippen molar-refractivity contribution in [3.8, 4) is 0 Å². The Balaban J connectivity index is 1.47. The number of thiophene rings is 1. The molecular weight excluding hydrogens is 327 g/mol. The summed E-state index contributed by atoms with van der Waals surface area (Å²) in [6, 6.07) is 6.55. The van der Waals surface area contributed by atoms with Crippen LogP contribution in [0.5, 0.6) is 0 Å². The van der Waals surface area contributed by atoms with Gasteiger partial charge in [-0.15, -0.1) is 11.3 Å². The Kier molecular flexibility index (Phi) is 5.48. The van der Waals surface area contributed by atoms with Crippen molar-refractivity contribution in [1.82, 2.24) is 10.2 Å². The smallest absolute Gasteiger partial charge is 0.261 e. The maximum absolute atomic E-state index is 13.7. The van der Waals surface area contributed by atoms with E-state index in [1.807, 2.05) is 6.07 Å². The molecule has 130 valence electrons. The van der Waals surface area contributed by atoms with Crippen molar-refractivity contribution in [3.63, 3.8) is 0 Å². The van der Waals surface area contributed by atoms with Gasteiger partial charge in [-0.1, -0.05) is 6.07 Å². The Bertz CT molecular complexity index is 708. The molecule has 2 unspecified atom stereocenters. The Morgan fingerprint density at radius 3 is 2.83 bits per heavy atom. The first-order valence-corrected chi connectivity index (χ1v) is 9.18. The van der Waals surface area contributed by atoms with Crippen LogP contribution in [0, 0.1) is 5.82 Å². The average Bonchev–Trinajstić information content (AvgIpc) is 2.96. The Morgan fingerprint density at radius 1 is 1.38 bits per heavy atom. The molecule has 0 radical (unpaired) electrons. The van der Waals surface area contributed by atoms with E-state index in [4.69, 9.17) is 4.74 Å². The summed E-state index contributed by atoms with van der Waals surface area (Å²) in [4.78, 5) is 15.2. The topological polar surface area (TPSA) is 41.6 Å². The Morgan fingerprint density at radius 2 is 2.12 bits per heavy atom. The van der Waals surface area contributed by atoms with Crippen molar-refractivity contribution in [2.24, 2.45) is 0 Å². The van der Waals surface area contributed by atoms with Crippen LogP contribution in [0.15, 0.2) is 24.3 Å². The van der Waals surface area contributed by atoms with Gasteiger partial charge >= 0.3 is 0 Å². The molecule has 1 aliphatic rings. The third-order valence-corrected chi connectivity index (χ3v) is 5.26. The number of hydrogen-bond donors (Lipinski definition) is 1. The number of morpholine rings is 1. The zero-order valence-corrected chi connectivity index (χ0v) is 14.9. The monoisotopic (exact) mass is 350 g/mol. The molecule has 4 nitrogen and oxygen atoms in total. The molecule has 2 atom stereocenters. The highest BCUT2D eigenvalue weighted by molar-refractivity contribution is 7.20. The molecule has 2 heterocycles. The normalized spacial score (nSPS) is 22.0. The molecule has 1 fully saturated rings. The minimum atomic E-state index is -0.279. The molecular formula is C18H23FN2O2S. The third kappa shape index (κ3) is 4.12. The highest BCUT2D eigenvalue weighted by atomic mass is 32.1. The van der Waals surface area contributed by atoms with Crippen molar-refractivity contribution >= 4 is 27.3 Å². The number of fused-ring (bicyclic) bond motifs is 1. The maximum atomic E-state index is 13.7. The van der Waals surface area contributed by atoms with E-state index < -0.39 is 0 Å². The van der Waals surface area contributed by atoms with Crippen LogP contribution in [-0.2, 0) is 4.74 Å². The minimum Gasteiger partial charge on any atom is -0.373 e. The third-order valence-electron chi connectivity index (χ3n) is 4.16. The fourth-order valence-electron chi connectivity index (χ4n) is 3.20. The fraction of sp³-hybridized carbons (Fsp3) is 0.500. The Labute approximate surface area is 145 Å². The predicted octanol–water partition coefficient (Wildman–Crippen LogP) is 3.27. The van der Waals surface area contributed by atoms with Gasteiger partial charge in [-0.3, -0.25) is 9.69 Å². The highest BCUT2D eigenvalue weighted by Crippen LogP contribution is 2.27. The number of carbonyl (C=O) groups is 1. The van der Waals surface area contributed by atoms with Gasteiger partial charge in [0, 0.05) is 36.3 Å². The van der Waals surface area contributed by atoms with E-state index in [2.05, 4.69) is 24.1 Å².